The quantitative estimate of drug-likeness (QED) is 0.737. The van der Waals surface area contributed by atoms with Gasteiger partial charge in [0.15, 0.2) is 5.76 Å². The lowest BCUT2D eigenvalue weighted by Crippen LogP contribution is -2.62. The molecule has 162 valence electrons. The molecular formula is C22H29N3O4S. The van der Waals surface area contributed by atoms with Gasteiger partial charge >= 0.3 is 0 Å². The predicted octanol–water partition coefficient (Wildman–Crippen LogP) is 3.52. The summed E-state index contributed by atoms with van der Waals surface area (Å²) in [4.78, 5) is 2.78. The Morgan fingerprint density at radius 3 is 2.53 bits per heavy atom. The molecule has 4 aliphatic rings. The van der Waals surface area contributed by atoms with E-state index >= 15 is 0 Å². The summed E-state index contributed by atoms with van der Waals surface area (Å²) < 4.78 is 39.4. The van der Waals surface area contributed by atoms with Crippen LogP contribution in [0.2, 0.25) is 0 Å². The van der Waals surface area contributed by atoms with Crippen molar-refractivity contribution in [2.45, 2.75) is 62.6 Å². The van der Waals surface area contributed by atoms with Gasteiger partial charge in [-0.05, 0) is 68.9 Å². The molecule has 1 aliphatic carbocycles. The van der Waals surface area contributed by atoms with Crippen molar-refractivity contribution in [3.8, 4) is 11.5 Å². The molecular weight excluding hydrogens is 402 g/mol. The Hall–Kier alpha value is -1.64. The first-order chi connectivity index (χ1) is 14.5. The van der Waals surface area contributed by atoms with Crippen LogP contribution in [-0.4, -0.2) is 54.5 Å². The van der Waals surface area contributed by atoms with Crippen molar-refractivity contribution >= 4 is 10.0 Å². The molecule has 0 radical (unpaired) electrons. The fourth-order valence-corrected chi connectivity index (χ4v) is 7.67. The minimum atomic E-state index is -3.65. The second-order valence-electron chi connectivity index (χ2n) is 9.73. The molecule has 0 aromatic carbocycles. The van der Waals surface area contributed by atoms with Crippen LogP contribution >= 0.6 is 0 Å². The number of nitrogens with zero attached hydrogens (tertiary/aromatic N) is 3. The van der Waals surface area contributed by atoms with Crippen LogP contribution in [0.25, 0.3) is 11.5 Å². The zero-order chi connectivity index (χ0) is 20.5. The molecule has 4 atom stereocenters. The summed E-state index contributed by atoms with van der Waals surface area (Å²) in [6.07, 6.45) is 7.76. The molecule has 3 aliphatic heterocycles. The highest BCUT2D eigenvalue weighted by atomic mass is 32.2. The van der Waals surface area contributed by atoms with E-state index < -0.39 is 10.0 Å². The van der Waals surface area contributed by atoms with Crippen molar-refractivity contribution in [3.63, 3.8) is 0 Å². The van der Waals surface area contributed by atoms with Crippen molar-refractivity contribution in [1.82, 2.24) is 14.4 Å². The third-order valence-electron chi connectivity index (χ3n) is 7.61. The SMILES string of the molecule is Cc1cc(-c2ccc(S(=O)(=O)N3C[C@@H]4C[C@H](C3)[C@@H]3CCC[C@H](C5CC5)N3C4)o2)on1. The Bertz CT molecular complexity index is 1040. The average Bonchev–Trinajstić information content (AvgIpc) is 3.27. The fourth-order valence-electron chi connectivity index (χ4n) is 6.18. The van der Waals surface area contributed by atoms with Gasteiger partial charge in [0, 0.05) is 37.8 Å². The van der Waals surface area contributed by atoms with Crippen LogP contribution < -0.4 is 0 Å². The molecule has 7 nitrogen and oxygen atoms in total. The lowest BCUT2D eigenvalue weighted by molar-refractivity contribution is -0.0464. The van der Waals surface area contributed by atoms with Crippen LogP contribution in [0.3, 0.4) is 0 Å². The molecule has 0 N–H and O–H groups in total. The fraction of sp³-hybridized carbons (Fsp3) is 0.682. The van der Waals surface area contributed by atoms with E-state index in [1.165, 1.54) is 32.1 Å². The van der Waals surface area contributed by atoms with Crippen LogP contribution in [-0.2, 0) is 10.0 Å². The van der Waals surface area contributed by atoms with Crippen molar-refractivity contribution in [2.24, 2.45) is 17.8 Å². The summed E-state index contributed by atoms with van der Waals surface area (Å²) >= 11 is 0. The molecule has 0 spiro atoms. The number of aryl methyl sites for hydroxylation is 1. The molecule has 2 bridgehead atoms. The first-order valence-electron chi connectivity index (χ1n) is 11.3. The maximum absolute atomic E-state index is 13.4. The van der Waals surface area contributed by atoms with Gasteiger partial charge in [0.2, 0.25) is 10.9 Å². The molecule has 6 rings (SSSR count). The summed E-state index contributed by atoms with van der Waals surface area (Å²) in [5.41, 5.74) is 0.733. The summed E-state index contributed by atoms with van der Waals surface area (Å²) in [5.74, 6) is 2.60. The maximum atomic E-state index is 13.4. The first-order valence-corrected chi connectivity index (χ1v) is 12.7. The topological polar surface area (TPSA) is 79.8 Å². The number of piperidine rings is 3. The highest BCUT2D eigenvalue weighted by Gasteiger charge is 2.49. The molecule has 3 saturated heterocycles. The van der Waals surface area contributed by atoms with E-state index in [1.807, 2.05) is 6.92 Å². The highest BCUT2D eigenvalue weighted by Crippen LogP contribution is 2.47. The van der Waals surface area contributed by atoms with Crippen molar-refractivity contribution in [1.29, 1.82) is 0 Å². The van der Waals surface area contributed by atoms with Gasteiger partial charge in [0.25, 0.3) is 10.0 Å². The number of sulfonamides is 1. The Kier molecular flexibility index (Phi) is 4.41. The van der Waals surface area contributed by atoms with E-state index in [0.717, 1.165) is 30.6 Å². The second-order valence-corrected chi connectivity index (χ2v) is 11.6. The van der Waals surface area contributed by atoms with Crippen LogP contribution in [0.15, 0.2) is 32.2 Å². The molecule has 5 heterocycles. The van der Waals surface area contributed by atoms with Crippen LogP contribution in [0.4, 0.5) is 0 Å². The Morgan fingerprint density at radius 1 is 1.00 bits per heavy atom. The van der Waals surface area contributed by atoms with E-state index in [-0.39, 0.29) is 5.09 Å². The van der Waals surface area contributed by atoms with Gasteiger partial charge in [0.05, 0.1) is 5.69 Å². The molecule has 0 amide bonds. The maximum Gasteiger partial charge on any atom is 0.276 e. The second kappa shape index (κ2) is 6.93. The van der Waals surface area contributed by atoms with Gasteiger partial charge in [0.1, 0.15) is 0 Å². The predicted molar refractivity (Wildman–Crippen MR) is 110 cm³/mol. The van der Waals surface area contributed by atoms with Crippen molar-refractivity contribution in [3.05, 3.63) is 23.9 Å². The summed E-state index contributed by atoms with van der Waals surface area (Å²) in [7, 11) is -3.65. The number of fused-ring (bicyclic) bond motifs is 4. The minimum Gasteiger partial charge on any atom is -0.440 e. The summed E-state index contributed by atoms with van der Waals surface area (Å²) in [6, 6.07) is 6.23. The van der Waals surface area contributed by atoms with Crippen LogP contribution in [0, 0.1) is 24.7 Å². The molecule has 2 aromatic heterocycles. The Balaban J connectivity index is 1.23. The zero-order valence-electron chi connectivity index (χ0n) is 17.4. The molecule has 2 aromatic rings. The Labute approximate surface area is 177 Å². The first kappa shape index (κ1) is 19.1. The van der Waals surface area contributed by atoms with Crippen molar-refractivity contribution < 1.29 is 17.4 Å². The lowest BCUT2D eigenvalue weighted by atomic mass is 9.74. The molecule has 0 unspecified atom stereocenters. The molecule has 30 heavy (non-hydrogen) atoms. The van der Waals surface area contributed by atoms with Crippen molar-refractivity contribution in [2.75, 3.05) is 19.6 Å². The van der Waals surface area contributed by atoms with E-state index in [2.05, 4.69) is 10.1 Å². The zero-order valence-corrected chi connectivity index (χ0v) is 18.2. The molecule has 8 heteroatoms. The van der Waals surface area contributed by atoms with Crippen LogP contribution in [0.5, 0.6) is 0 Å². The summed E-state index contributed by atoms with van der Waals surface area (Å²) in [6.45, 7) is 4.07. The van der Waals surface area contributed by atoms with Crippen LogP contribution in [0.1, 0.15) is 44.2 Å². The van der Waals surface area contributed by atoms with Gasteiger partial charge in [-0.25, -0.2) is 8.42 Å². The number of furan rings is 1. The minimum absolute atomic E-state index is 0.00267. The number of hydrogen-bond donors (Lipinski definition) is 0. The van der Waals surface area contributed by atoms with Gasteiger partial charge < -0.3 is 8.94 Å². The Morgan fingerprint density at radius 2 is 1.80 bits per heavy atom. The van der Waals surface area contributed by atoms with E-state index in [9.17, 15) is 8.42 Å². The normalized spacial score (nSPS) is 32.8. The van der Waals surface area contributed by atoms with Gasteiger partial charge in [-0.15, -0.1) is 0 Å². The van der Waals surface area contributed by atoms with Gasteiger partial charge in [-0.2, -0.15) is 4.31 Å². The smallest absolute Gasteiger partial charge is 0.276 e. The van der Waals surface area contributed by atoms with Gasteiger partial charge in [-0.3, -0.25) is 4.90 Å². The van der Waals surface area contributed by atoms with Gasteiger partial charge in [-0.1, -0.05) is 11.6 Å². The van der Waals surface area contributed by atoms with E-state index in [1.54, 1.807) is 22.5 Å². The molecule has 1 saturated carbocycles. The third-order valence-corrected chi connectivity index (χ3v) is 9.32. The molecule has 4 fully saturated rings. The van der Waals surface area contributed by atoms with E-state index in [0.29, 0.717) is 42.5 Å². The number of rotatable bonds is 4. The lowest BCUT2D eigenvalue weighted by Gasteiger charge is -2.55. The number of hydrogen-bond acceptors (Lipinski definition) is 6. The average molecular weight is 432 g/mol. The largest absolute Gasteiger partial charge is 0.440 e. The van der Waals surface area contributed by atoms with E-state index in [4.69, 9.17) is 8.94 Å². The number of aromatic nitrogens is 1. The standard InChI is InChI=1S/C22H29N3O4S/c1-14-9-21(29-23-14)20-7-8-22(28-20)30(26,27)24-11-15-10-17(13-24)19-4-2-3-18(16-5-6-16)25(19)12-15/h7-9,15-19H,2-6,10-13H2,1H3/t15-,17+,18+,19-/m0/s1. The monoisotopic (exact) mass is 431 g/mol. The summed E-state index contributed by atoms with van der Waals surface area (Å²) in [5, 5.41) is 3.86. The third kappa shape index (κ3) is 3.15. The highest BCUT2D eigenvalue weighted by molar-refractivity contribution is 7.89.